The Morgan fingerprint density at radius 1 is 1.21 bits per heavy atom. The van der Waals surface area contributed by atoms with Crippen molar-refractivity contribution in [3.05, 3.63) is 36.7 Å². The predicted octanol–water partition coefficient (Wildman–Crippen LogP) is 1.71. The lowest BCUT2D eigenvalue weighted by atomic mass is 9.72. The third-order valence-electron chi connectivity index (χ3n) is 6.39. The van der Waals surface area contributed by atoms with Crippen molar-refractivity contribution in [3.63, 3.8) is 0 Å². The van der Waals surface area contributed by atoms with E-state index in [2.05, 4.69) is 14.6 Å². The highest BCUT2D eigenvalue weighted by atomic mass is 16.2. The Bertz CT molecular complexity index is 835. The van der Waals surface area contributed by atoms with Gasteiger partial charge in [-0.1, -0.05) is 0 Å². The molecule has 0 saturated carbocycles. The molecule has 2 fully saturated rings. The molecule has 0 bridgehead atoms. The van der Waals surface area contributed by atoms with Crippen molar-refractivity contribution in [2.75, 3.05) is 26.2 Å². The monoisotopic (exact) mass is 398 g/mol. The second-order valence-electron chi connectivity index (χ2n) is 8.57. The zero-order chi connectivity index (χ0) is 20.3. The third-order valence-corrected chi connectivity index (χ3v) is 6.39. The van der Waals surface area contributed by atoms with Gasteiger partial charge in [-0.15, -0.1) is 0 Å². The van der Waals surface area contributed by atoms with Crippen LogP contribution in [0.3, 0.4) is 0 Å². The van der Waals surface area contributed by atoms with E-state index in [1.54, 1.807) is 17.1 Å². The molecule has 1 spiro atoms. The summed E-state index contributed by atoms with van der Waals surface area (Å²) >= 11 is 0. The molecule has 0 aliphatic carbocycles. The van der Waals surface area contributed by atoms with Gasteiger partial charge in [-0.05, 0) is 43.6 Å². The standard InChI is InChI=1S/C21H30N6O2/c1-18-13-23-27(14-18)15-20(29)25-10-5-21(6-11-25)4-3-19(28)26(16-21)9-2-8-24-12-7-22-17-24/h7,12-14,17H,2-6,8-11,15-16H2,1H3. The van der Waals surface area contributed by atoms with Gasteiger partial charge in [-0.3, -0.25) is 14.3 Å². The van der Waals surface area contributed by atoms with Crippen molar-refractivity contribution >= 4 is 11.8 Å². The van der Waals surface area contributed by atoms with Gasteiger partial charge < -0.3 is 14.4 Å². The summed E-state index contributed by atoms with van der Waals surface area (Å²) in [5.41, 5.74) is 1.23. The molecule has 4 rings (SSSR count). The van der Waals surface area contributed by atoms with E-state index in [9.17, 15) is 9.59 Å². The molecule has 156 valence electrons. The number of imidazole rings is 1. The normalized spacial score (nSPS) is 19.1. The number of aromatic nitrogens is 4. The summed E-state index contributed by atoms with van der Waals surface area (Å²) in [7, 11) is 0. The fraction of sp³-hybridized carbons (Fsp3) is 0.619. The summed E-state index contributed by atoms with van der Waals surface area (Å²) in [4.78, 5) is 33.1. The molecule has 0 aromatic carbocycles. The first kappa shape index (κ1) is 19.7. The molecule has 2 aliphatic heterocycles. The minimum absolute atomic E-state index is 0.132. The van der Waals surface area contributed by atoms with Crippen molar-refractivity contribution in [1.29, 1.82) is 0 Å². The van der Waals surface area contributed by atoms with E-state index < -0.39 is 0 Å². The van der Waals surface area contributed by atoms with Gasteiger partial charge in [-0.2, -0.15) is 5.10 Å². The fourth-order valence-electron chi connectivity index (χ4n) is 4.60. The van der Waals surface area contributed by atoms with Gasteiger partial charge in [0.2, 0.25) is 11.8 Å². The summed E-state index contributed by atoms with van der Waals surface area (Å²) < 4.78 is 3.76. The summed E-state index contributed by atoms with van der Waals surface area (Å²) in [6, 6.07) is 0. The van der Waals surface area contributed by atoms with Crippen molar-refractivity contribution in [2.45, 2.75) is 52.1 Å². The van der Waals surface area contributed by atoms with Crippen LogP contribution in [0.5, 0.6) is 0 Å². The number of nitrogens with zero attached hydrogens (tertiary/aromatic N) is 6. The number of carbonyl (C=O) groups excluding carboxylic acids is 2. The minimum atomic E-state index is 0.132. The number of hydrogen-bond donors (Lipinski definition) is 0. The molecule has 4 heterocycles. The van der Waals surface area contributed by atoms with Crippen LogP contribution in [0.25, 0.3) is 0 Å². The molecule has 0 radical (unpaired) electrons. The first-order valence-electron chi connectivity index (χ1n) is 10.5. The Morgan fingerprint density at radius 3 is 2.72 bits per heavy atom. The van der Waals surface area contributed by atoms with Crippen LogP contribution in [0, 0.1) is 12.3 Å². The van der Waals surface area contributed by atoms with Gasteiger partial charge in [-0.25, -0.2) is 4.98 Å². The molecule has 8 nitrogen and oxygen atoms in total. The third kappa shape index (κ3) is 4.68. The van der Waals surface area contributed by atoms with Crippen molar-refractivity contribution in [3.8, 4) is 0 Å². The van der Waals surface area contributed by atoms with Crippen molar-refractivity contribution < 1.29 is 9.59 Å². The van der Waals surface area contributed by atoms with E-state index in [-0.39, 0.29) is 17.2 Å². The molecule has 2 saturated heterocycles. The highest BCUT2D eigenvalue weighted by molar-refractivity contribution is 5.77. The van der Waals surface area contributed by atoms with Crippen LogP contribution in [-0.4, -0.2) is 67.1 Å². The zero-order valence-electron chi connectivity index (χ0n) is 17.2. The van der Waals surface area contributed by atoms with E-state index in [1.165, 1.54) is 0 Å². The molecule has 0 unspecified atom stereocenters. The molecule has 0 N–H and O–H groups in total. The molecule has 8 heteroatoms. The lowest BCUT2D eigenvalue weighted by Crippen LogP contribution is -2.52. The molecule has 2 aliphatic rings. The maximum Gasteiger partial charge on any atom is 0.244 e. The molecule has 2 aromatic rings. The van der Waals surface area contributed by atoms with E-state index in [4.69, 9.17) is 0 Å². The summed E-state index contributed by atoms with van der Waals surface area (Å²) in [5.74, 6) is 0.404. The van der Waals surface area contributed by atoms with E-state index in [0.717, 1.165) is 64.0 Å². The van der Waals surface area contributed by atoms with Gasteiger partial charge in [0.25, 0.3) is 0 Å². The lowest BCUT2D eigenvalue weighted by Gasteiger charge is -2.47. The largest absolute Gasteiger partial charge is 0.342 e. The van der Waals surface area contributed by atoms with Crippen LogP contribution in [-0.2, 0) is 22.7 Å². The summed E-state index contributed by atoms with van der Waals surface area (Å²) in [6.07, 6.45) is 13.7. The minimum Gasteiger partial charge on any atom is -0.342 e. The Morgan fingerprint density at radius 2 is 2.03 bits per heavy atom. The van der Waals surface area contributed by atoms with Crippen LogP contribution >= 0.6 is 0 Å². The summed E-state index contributed by atoms with van der Waals surface area (Å²) in [5, 5.41) is 4.22. The Balaban J connectivity index is 1.27. The zero-order valence-corrected chi connectivity index (χ0v) is 17.2. The highest BCUT2D eigenvalue weighted by Crippen LogP contribution is 2.40. The number of amides is 2. The molecule has 2 aromatic heterocycles. The smallest absolute Gasteiger partial charge is 0.244 e. The van der Waals surface area contributed by atoms with E-state index in [0.29, 0.717) is 13.0 Å². The number of likely N-dealkylation sites (tertiary alicyclic amines) is 2. The molecule has 29 heavy (non-hydrogen) atoms. The van der Waals surface area contributed by atoms with E-state index in [1.807, 2.05) is 35.4 Å². The lowest BCUT2D eigenvalue weighted by molar-refractivity contribution is -0.142. The fourth-order valence-corrected chi connectivity index (χ4v) is 4.60. The number of hydrogen-bond acceptors (Lipinski definition) is 4. The van der Waals surface area contributed by atoms with E-state index >= 15 is 0 Å². The average molecular weight is 399 g/mol. The molecule has 0 atom stereocenters. The van der Waals surface area contributed by atoms with Crippen molar-refractivity contribution in [2.24, 2.45) is 5.41 Å². The number of carbonyl (C=O) groups is 2. The Hall–Kier alpha value is -2.64. The van der Waals surface area contributed by atoms with Gasteiger partial charge in [0.1, 0.15) is 6.54 Å². The Labute approximate surface area is 171 Å². The number of piperidine rings is 2. The first-order valence-corrected chi connectivity index (χ1v) is 10.5. The van der Waals surface area contributed by atoms with Gasteiger partial charge in [0.05, 0.1) is 12.5 Å². The van der Waals surface area contributed by atoms with Crippen LogP contribution in [0.1, 0.15) is 37.7 Å². The second kappa shape index (κ2) is 8.39. The maximum absolute atomic E-state index is 12.6. The van der Waals surface area contributed by atoms with Gasteiger partial charge >= 0.3 is 0 Å². The second-order valence-corrected chi connectivity index (χ2v) is 8.57. The van der Waals surface area contributed by atoms with Crippen LogP contribution in [0.4, 0.5) is 0 Å². The molecular weight excluding hydrogens is 368 g/mol. The predicted molar refractivity (Wildman–Crippen MR) is 108 cm³/mol. The average Bonchev–Trinajstić information content (AvgIpc) is 3.37. The summed E-state index contributed by atoms with van der Waals surface area (Å²) in [6.45, 7) is 6.33. The molecule has 2 amide bonds. The Kier molecular flexibility index (Phi) is 5.69. The molecular formula is C21H30N6O2. The van der Waals surface area contributed by atoms with Gasteiger partial charge in [0.15, 0.2) is 0 Å². The van der Waals surface area contributed by atoms with Gasteiger partial charge in [0, 0.05) is 57.7 Å². The SMILES string of the molecule is Cc1cnn(CC(=O)N2CCC3(CCC(=O)N(CCCn4ccnc4)C3)CC2)c1. The maximum atomic E-state index is 12.6. The van der Waals surface area contributed by atoms with Crippen LogP contribution in [0.15, 0.2) is 31.1 Å². The number of rotatable bonds is 6. The number of aryl methyl sites for hydroxylation is 2. The first-order chi connectivity index (χ1) is 14.0. The topological polar surface area (TPSA) is 76.3 Å². The van der Waals surface area contributed by atoms with Crippen molar-refractivity contribution in [1.82, 2.24) is 29.1 Å². The van der Waals surface area contributed by atoms with Crippen LogP contribution < -0.4 is 0 Å². The highest BCUT2D eigenvalue weighted by Gasteiger charge is 2.41. The quantitative estimate of drug-likeness (QED) is 0.742. The van der Waals surface area contributed by atoms with Crippen LogP contribution in [0.2, 0.25) is 0 Å².